The summed E-state index contributed by atoms with van der Waals surface area (Å²) in [5.74, 6) is 0.598. The average Bonchev–Trinajstić information content (AvgIpc) is 2.13. The Morgan fingerprint density at radius 2 is 2.08 bits per heavy atom. The highest BCUT2D eigenvalue weighted by molar-refractivity contribution is 5.79. The van der Waals surface area contributed by atoms with Gasteiger partial charge in [-0.15, -0.1) is 0 Å². The van der Waals surface area contributed by atoms with Gasteiger partial charge >= 0.3 is 0 Å². The van der Waals surface area contributed by atoms with E-state index in [1.165, 1.54) is 5.01 Å². The minimum Gasteiger partial charge on any atom is -0.237 e. The summed E-state index contributed by atoms with van der Waals surface area (Å²) >= 11 is 0. The smallest absolute Gasteiger partial charge is 0.146 e. The van der Waals surface area contributed by atoms with E-state index in [9.17, 15) is 0 Å². The highest BCUT2D eigenvalue weighted by atomic mass is 15.5. The van der Waals surface area contributed by atoms with E-state index < -0.39 is 0 Å². The van der Waals surface area contributed by atoms with Gasteiger partial charge in [-0.05, 0) is 12.5 Å². The molecule has 0 amide bonds. The Bertz CT molecular complexity index is 226. The molecule has 0 fully saturated rings. The summed E-state index contributed by atoms with van der Waals surface area (Å²) < 4.78 is 0. The number of hydrogen-bond acceptors (Lipinski definition) is 3. The van der Waals surface area contributed by atoms with Gasteiger partial charge in [-0.2, -0.15) is 5.10 Å². The van der Waals surface area contributed by atoms with Gasteiger partial charge in [0.15, 0.2) is 0 Å². The van der Waals surface area contributed by atoms with E-state index in [0.29, 0.717) is 5.82 Å². The number of rotatable bonds is 1. The van der Waals surface area contributed by atoms with Crippen LogP contribution in [0.3, 0.4) is 0 Å². The van der Waals surface area contributed by atoms with Crippen LogP contribution in [0, 0.1) is 0 Å². The average molecular weight is 165 g/mol. The van der Waals surface area contributed by atoms with E-state index in [1.807, 2.05) is 27.0 Å². The van der Waals surface area contributed by atoms with Crippen molar-refractivity contribution in [2.24, 2.45) is 10.1 Å². The zero-order chi connectivity index (χ0) is 9.56. The molecule has 0 spiro atoms. The van der Waals surface area contributed by atoms with Crippen LogP contribution in [0.5, 0.6) is 0 Å². The highest BCUT2D eigenvalue weighted by Gasteiger charge is 2.03. The Balaban J connectivity index is 0.000000561. The number of hydrazone groups is 1. The maximum Gasteiger partial charge on any atom is 0.146 e. The van der Waals surface area contributed by atoms with Crippen molar-refractivity contribution in [2.45, 2.75) is 20.8 Å². The minimum atomic E-state index is 0.598. The second-order valence-corrected chi connectivity index (χ2v) is 2.03. The van der Waals surface area contributed by atoms with Crippen molar-refractivity contribution in [1.29, 1.82) is 0 Å². The van der Waals surface area contributed by atoms with Crippen molar-refractivity contribution in [3.63, 3.8) is 0 Å². The lowest BCUT2D eigenvalue weighted by atomic mass is 10.3. The number of hydrogen-bond donors (Lipinski definition) is 0. The fraction of sp³-hybridized carbons (Fsp3) is 0.333. The summed E-state index contributed by atoms with van der Waals surface area (Å²) in [5.41, 5.74) is 1.04. The molecule has 66 valence electrons. The molecule has 0 saturated heterocycles. The zero-order valence-corrected chi connectivity index (χ0v) is 7.91. The maximum absolute atomic E-state index is 3.97. The third-order valence-electron chi connectivity index (χ3n) is 1.16. The Labute approximate surface area is 73.8 Å². The molecular formula is C9H15N3. The molecule has 0 aromatic carbocycles. The molecule has 0 unspecified atom stereocenters. The van der Waals surface area contributed by atoms with Gasteiger partial charge in [0, 0.05) is 19.1 Å². The van der Waals surface area contributed by atoms with E-state index >= 15 is 0 Å². The molecule has 1 aliphatic rings. The molecule has 0 bridgehead atoms. The molecule has 0 N–H and O–H groups in total. The van der Waals surface area contributed by atoms with E-state index in [-0.39, 0.29) is 0 Å². The second kappa shape index (κ2) is 5.29. The lowest BCUT2D eigenvalue weighted by Gasteiger charge is -2.16. The Kier molecular flexibility index (Phi) is 4.69. The molecule has 0 radical (unpaired) electrons. The molecule has 0 atom stereocenters. The molecule has 0 aromatic rings. The molecule has 12 heavy (non-hydrogen) atoms. The molecule has 1 aliphatic heterocycles. The summed E-state index contributed by atoms with van der Waals surface area (Å²) in [6.07, 6.45) is 3.56. The lowest BCUT2D eigenvalue weighted by molar-refractivity contribution is 0.493. The number of allylic oxidation sites excluding steroid dienone is 1. The Morgan fingerprint density at radius 3 is 2.50 bits per heavy atom. The van der Waals surface area contributed by atoms with Crippen molar-refractivity contribution in [1.82, 2.24) is 5.01 Å². The molecule has 0 aliphatic carbocycles. The third kappa shape index (κ3) is 2.70. The molecule has 3 heteroatoms. The molecule has 1 rings (SSSR count). The second-order valence-electron chi connectivity index (χ2n) is 2.03. The van der Waals surface area contributed by atoms with E-state index in [4.69, 9.17) is 0 Å². The summed E-state index contributed by atoms with van der Waals surface area (Å²) in [6.45, 7) is 13.0. The van der Waals surface area contributed by atoms with Gasteiger partial charge in [-0.3, -0.25) is 0 Å². The number of nitrogens with zero attached hydrogens (tertiary/aromatic N) is 3. The maximum atomic E-state index is 3.97. The third-order valence-corrected chi connectivity index (χ3v) is 1.16. The van der Waals surface area contributed by atoms with Gasteiger partial charge in [-0.25, -0.2) is 10.0 Å². The largest absolute Gasteiger partial charge is 0.237 e. The van der Waals surface area contributed by atoms with Gasteiger partial charge in [-0.1, -0.05) is 20.4 Å². The van der Waals surface area contributed by atoms with Crippen molar-refractivity contribution in [2.75, 3.05) is 0 Å². The summed E-state index contributed by atoms with van der Waals surface area (Å²) in [5, 5.41) is 5.21. The van der Waals surface area contributed by atoms with Crippen LogP contribution in [-0.4, -0.2) is 17.9 Å². The summed E-state index contributed by atoms with van der Waals surface area (Å²) in [4.78, 5) is 3.97. The van der Waals surface area contributed by atoms with E-state index in [2.05, 4.69) is 23.4 Å². The molecule has 3 nitrogen and oxygen atoms in total. The summed E-state index contributed by atoms with van der Waals surface area (Å²) in [7, 11) is 0. The first-order valence-electron chi connectivity index (χ1n) is 3.91. The SMILES string of the molecule is C=NN1C=C(C)C=NC1=C.CC. The van der Waals surface area contributed by atoms with Crippen LogP contribution < -0.4 is 0 Å². The van der Waals surface area contributed by atoms with Crippen LogP contribution in [0.15, 0.2) is 34.3 Å². The normalized spacial score (nSPS) is 14.8. The topological polar surface area (TPSA) is 28.0 Å². The fourth-order valence-corrected chi connectivity index (χ4v) is 0.659. The van der Waals surface area contributed by atoms with Crippen LogP contribution >= 0.6 is 0 Å². The molecule has 0 saturated carbocycles. The van der Waals surface area contributed by atoms with Gasteiger partial charge in [0.2, 0.25) is 0 Å². The lowest BCUT2D eigenvalue weighted by Crippen LogP contribution is -2.10. The summed E-state index contributed by atoms with van der Waals surface area (Å²) in [6, 6.07) is 0. The van der Waals surface area contributed by atoms with Crippen LogP contribution in [0.4, 0.5) is 0 Å². The first-order chi connectivity index (χ1) is 5.74. The molecule has 0 aromatic heterocycles. The van der Waals surface area contributed by atoms with E-state index in [1.54, 1.807) is 6.21 Å². The highest BCUT2D eigenvalue weighted by Crippen LogP contribution is 2.10. The zero-order valence-electron chi connectivity index (χ0n) is 7.91. The van der Waals surface area contributed by atoms with Gasteiger partial charge in [0.05, 0.1) is 0 Å². The fourth-order valence-electron chi connectivity index (χ4n) is 0.659. The van der Waals surface area contributed by atoms with Gasteiger partial charge in [0.25, 0.3) is 0 Å². The quantitative estimate of drug-likeness (QED) is 0.548. The molecular weight excluding hydrogens is 150 g/mol. The predicted molar refractivity (Wildman–Crippen MR) is 54.1 cm³/mol. The van der Waals surface area contributed by atoms with Crippen LogP contribution in [0.2, 0.25) is 0 Å². The Hall–Kier alpha value is -1.38. The first-order valence-corrected chi connectivity index (χ1v) is 3.91. The minimum absolute atomic E-state index is 0.598. The van der Waals surface area contributed by atoms with Crippen molar-refractivity contribution >= 4 is 12.9 Å². The monoisotopic (exact) mass is 165 g/mol. The van der Waals surface area contributed by atoms with E-state index in [0.717, 1.165) is 5.57 Å². The predicted octanol–water partition coefficient (Wildman–Crippen LogP) is 2.39. The van der Waals surface area contributed by atoms with Gasteiger partial charge in [0.1, 0.15) is 5.82 Å². The van der Waals surface area contributed by atoms with Gasteiger partial charge < -0.3 is 0 Å². The van der Waals surface area contributed by atoms with Crippen LogP contribution in [0.25, 0.3) is 0 Å². The van der Waals surface area contributed by atoms with Crippen LogP contribution in [0.1, 0.15) is 20.8 Å². The standard InChI is InChI=1S/C7H9N3.C2H6/c1-6-4-9-7(2)10(5-6)8-3;1-2/h4-5H,2-3H2,1H3;1-2H3. The number of aliphatic imine (C=N–C) groups is 1. The Morgan fingerprint density at radius 1 is 1.50 bits per heavy atom. The van der Waals surface area contributed by atoms with Crippen molar-refractivity contribution in [3.8, 4) is 0 Å². The molecule has 1 heterocycles. The van der Waals surface area contributed by atoms with Crippen molar-refractivity contribution < 1.29 is 0 Å². The van der Waals surface area contributed by atoms with Crippen LogP contribution in [-0.2, 0) is 0 Å². The van der Waals surface area contributed by atoms with Crippen molar-refractivity contribution in [3.05, 3.63) is 24.2 Å². The first kappa shape index (κ1) is 10.6.